The molecule has 9 nitrogen and oxygen atoms in total. The van der Waals surface area contributed by atoms with Gasteiger partial charge in [0, 0.05) is 13.0 Å². The highest BCUT2D eigenvalue weighted by Crippen LogP contribution is 2.19. The van der Waals surface area contributed by atoms with E-state index < -0.39 is 48.7 Å². The van der Waals surface area contributed by atoms with Crippen LogP contribution in [0.4, 0.5) is 4.79 Å². The standard InChI is InChI=1S/C40H78N2O7/c1-3-5-6-7-8-9-10-11-12-13-14-15-16-17-18-19-20-21-22-23-24-27-30-41-40(48)42-34(36(45)31-33(43)4-2)32-49-37-29-26-25-28-35(44)38(46)39(37)47/h25,28,33-39,43-47H,3-24,26-27,29-32H2,1-2H3,(H2,41,42,48). The summed E-state index contributed by atoms with van der Waals surface area (Å²) < 4.78 is 5.86. The van der Waals surface area contributed by atoms with Crippen molar-refractivity contribution in [2.75, 3.05) is 13.2 Å². The lowest BCUT2D eigenvalue weighted by Gasteiger charge is -2.32. The fourth-order valence-electron chi connectivity index (χ4n) is 6.63. The van der Waals surface area contributed by atoms with Gasteiger partial charge in [0.15, 0.2) is 0 Å². The summed E-state index contributed by atoms with van der Waals surface area (Å²) in [5, 5.41) is 57.1. The summed E-state index contributed by atoms with van der Waals surface area (Å²) in [6, 6.07) is -1.24. The second kappa shape index (κ2) is 31.5. The summed E-state index contributed by atoms with van der Waals surface area (Å²) in [6.07, 6.45) is 27.6. The van der Waals surface area contributed by atoms with Crippen molar-refractivity contribution in [1.29, 1.82) is 0 Å². The van der Waals surface area contributed by atoms with E-state index in [1.54, 1.807) is 6.08 Å². The zero-order chi connectivity index (χ0) is 36.0. The molecule has 0 saturated carbocycles. The molecule has 7 atom stereocenters. The fraction of sp³-hybridized carbons (Fsp3) is 0.925. The van der Waals surface area contributed by atoms with E-state index in [9.17, 15) is 30.3 Å². The molecule has 9 heteroatoms. The maximum atomic E-state index is 12.7. The molecule has 0 fully saturated rings. The second-order valence-corrected chi connectivity index (χ2v) is 14.6. The third kappa shape index (κ3) is 24.6. The van der Waals surface area contributed by atoms with Crippen LogP contribution in [0, 0.1) is 0 Å². The van der Waals surface area contributed by atoms with Gasteiger partial charge < -0.3 is 40.9 Å². The molecule has 2 amide bonds. The molecular formula is C40H78N2O7. The van der Waals surface area contributed by atoms with Gasteiger partial charge >= 0.3 is 6.03 Å². The third-order valence-electron chi connectivity index (χ3n) is 10.1. The fourth-order valence-corrected chi connectivity index (χ4v) is 6.63. The number of carbonyl (C=O) groups excluding carboxylic acids is 1. The number of rotatable bonds is 31. The Balaban J connectivity index is 2.09. The van der Waals surface area contributed by atoms with E-state index in [2.05, 4.69) is 17.6 Å². The number of amides is 2. The van der Waals surface area contributed by atoms with E-state index >= 15 is 0 Å². The van der Waals surface area contributed by atoms with Gasteiger partial charge in [-0.1, -0.05) is 161 Å². The summed E-state index contributed by atoms with van der Waals surface area (Å²) in [7, 11) is 0. The van der Waals surface area contributed by atoms with Crippen molar-refractivity contribution in [3.05, 3.63) is 12.2 Å². The lowest BCUT2D eigenvalue weighted by Crippen LogP contribution is -2.53. The van der Waals surface area contributed by atoms with Gasteiger partial charge in [0.05, 0.1) is 31.0 Å². The van der Waals surface area contributed by atoms with Crippen molar-refractivity contribution in [2.45, 2.75) is 223 Å². The molecule has 0 aliphatic heterocycles. The molecule has 0 aromatic carbocycles. The zero-order valence-corrected chi connectivity index (χ0v) is 31.5. The molecule has 0 radical (unpaired) electrons. The second-order valence-electron chi connectivity index (χ2n) is 14.6. The van der Waals surface area contributed by atoms with Crippen molar-refractivity contribution >= 4 is 6.03 Å². The smallest absolute Gasteiger partial charge is 0.315 e. The Morgan fingerprint density at radius 3 is 1.65 bits per heavy atom. The van der Waals surface area contributed by atoms with Gasteiger partial charge in [-0.2, -0.15) is 0 Å². The van der Waals surface area contributed by atoms with Crippen LogP contribution in [-0.2, 0) is 4.74 Å². The molecule has 1 rings (SSSR count). The summed E-state index contributed by atoms with van der Waals surface area (Å²) in [5.74, 6) is 0. The van der Waals surface area contributed by atoms with Crippen LogP contribution in [-0.4, -0.2) is 87.4 Å². The Morgan fingerprint density at radius 2 is 1.18 bits per heavy atom. The summed E-state index contributed by atoms with van der Waals surface area (Å²) in [6.45, 7) is 4.52. The third-order valence-corrected chi connectivity index (χ3v) is 10.1. The first-order valence-corrected chi connectivity index (χ1v) is 20.5. The molecule has 0 spiro atoms. The molecular weight excluding hydrogens is 620 g/mol. The SMILES string of the molecule is CCCCCCCCCCCCCCCCCCCCCCCCNC(=O)NC(COC1CCC=CC(O)C(O)C1O)C(O)CC(O)CC. The van der Waals surface area contributed by atoms with Gasteiger partial charge in [0.25, 0.3) is 0 Å². The van der Waals surface area contributed by atoms with Crippen molar-refractivity contribution in [3.63, 3.8) is 0 Å². The van der Waals surface area contributed by atoms with E-state index in [4.69, 9.17) is 4.74 Å². The number of hydrogen-bond acceptors (Lipinski definition) is 7. The number of nitrogens with one attached hydrogen (secondary N) is 2. The van der Waals surface area contributed by atoms with Gasteiger partial charge in [-0.25, -0.2) is 4.79 Å². The molecule has 290 valence electrons. The summed E-state index contributed by atoms with van der Waals surface area (Å²) >= 11 is 0. The molecule has 0 aromatic rings. The Morgan fingerprint density at radius 1 is 0.714 bits per heavy atom. The van der Waals surface area contributed by atoms with Gasteiger partial charge in [-0.05, 0) is 25.7 Å². The minimum Gasteiger partial charge on any atom is -0.393 e. The van der Waals surface area contributed by atoms with Gasteiger partial charge in [-0.3, -0.25) is 0 Å². The highest BCUT2D eigenvalue weighted by Gasteiger charge is 2.33. The number of urea groups is 1. The van der Waals surface area contributed by atoms with E-state index in [1.165, 1.54) is 128 Å². The molecule has 1 aliphatic rings. The highest BCUT2D eigenvalue weighted by molar-refractivity contribution is 5.74. The van der Waals surface area contributed by atoms with Crippen LogP contribution in [0.5, 0.6) is 0 Å². The summed E-state index contributed by atoms with van der Waals surface area (Å²) in [4.78, 5) is 12.7. The molecule has 7 N–H and O–H groups in total. The Bertz CT molecular complexity index is 786. The van der Waals surface area contributed by atoms with Gasteiger partial charge in [-0.15, -0.1) is 0 Å². The van der Waals surface area contributed by atoms with Crippen LogP contribution >= 0.6 is 0 Å². The number of hydrogen-bond donors (Lipinski definition) is 7. The molecule has 49 heavy (non-hydrogen) atoms. The lowest BCUT2D eigenvalue weighted by atomic mass is 9.96. The van der Waals surface area contributed by atoms with E-state index in [0.29, 0.717) is 25.8 Å². The molecule has 0 saturated heterocycles. The van der Waals surface area contributed by atoms with Crippen LogP contribution in [0.15, 0.2) is 12.2 Å². The number of aliphatic hydroxyl groups excluding tert-OH is 5. The quantitative estimate of drug-likeness (QED) is 0.0291. The number of allylic oxidation sites excluding steroid dienone is 1. The van der Waals surface area contributed by atoms with E-state index in [-0.39, 0.29) is 13.0 Å². The largest absolute Gasteiger partial charge is 0.393 e. The number of ether oxygens (including phenoxy) is 1. The van der Waals surface area contributed by atoms with E-state index in [1.807, 2.05) is 6.92 Å². The first-order valence-electron chi connectivity index (χ1n) is 20.5. The number of carbonyl (C=O) groups is 1. The van der Waals surface area contributed by atoms with Gasteiger partial charge in [0.2, 0.25) is 0 Å². The first-order chi connectivity index (χ1) is 23.8. The van der Waals surface area contributed by atoms with Crippen LogP contribution in [0.3, 0.4) is 0 Å². The Kier molecular flexibility index (Phi) is 29.4. The normalized spacial score (nSPS) is 21.5. The average molecular weight is 699 g/mol. The molecule has 0 aromatic heterocycles. The highest BCUT2D eigenvalue weighted by atomic mass is 16.5. The average Bonchev–Trinajstić information content (AvgIpc) is 3.09. The molecule has 1 aliphatic carbocycles. The predicted octanol–water partition coefficient (Wildman–Crippen LogP) is 7.60. The monoisotopic (exact) mass is 699 g/mol. The van der Waals surface area contributed by atoms with Crippen molar-refractivity contribution < 1.29 is 35.1 Å². The molecule has 0 bridgehead atoms. The lowest BCUT2D eigenvalue weighted by molar-refractivity contribution is -0.124. The summed E-state index contributed by atoms with van der Waals surface area (Å²) in [5.41, 5.74) is 0. The van der Waals surface area contributed by atoms with Crippen LogP contribution < -0.4 is 10.6 Å². The maximum absolute atomic E-state index is 12.7. The first kappa shape index (κ1) is 45.8. The Labute approximate surface area is 300 Å². The van der Waals surface area contributed by atoms with Crippen LogP contribution in [0.1, 0.15) is 181 Å². The maximum Gasteiger partial charge on any atom is 0.315 e. The predicted molar refractivity (Wildman–Crippen MR) is 201 cm³/mol. The van der Waals surface area contributed by atoms with E-state index in [0.717, 1.165) is 19.3 Å². The molecule has 7 unspecified atom stereocenters. The zero-order valence-electron chi connectivity index (χ0n) is 31.5. The van der Waals surface area contributed by atoms with Crippen LogP contribution in [0.25, 0.3) is 0 Å². The minimum absolute atomic E-state index is 0.0710. The van der Waals surface area contributed by atoms with Crippen molar-refractivity contribution in [3.8, 4) is 0 Å². The van der Waals surface area contributed by atoms with Crippen molar-refractivity contribution in [1.82, 2.24) is 10.6 Å². The number of aliphatic hydroxyl groups is 5. The van der Waals surface area contributed by atoms with Gasteiger partial charge in [0.1, 0.15) is 18.3 Å². The Hall–Kier alpha value is -1.23. The number of unbranched alkanes of at least 4 members (excludes halogenated alkanes) is 21. The van der Waals surface area contributed by atoms with Crippen molar-refractivity contribution in [2.24, 2.45) is 0 Å². The molecule has 0 heterocycles. The topological polar surface area (TPSA) is 152 Å². The minimum atomic E-state index is -1.40. The van der Waals surface area contributed by atoms with Crippen LogP contribution in [0.2, 0.25) is 0 Å².